The molecule has 0 saturated heterocycles. The topological polar surface area (TPSA) is 95.9 Å². The molecule has 2 unspecified atom stereocenters. The van der Waals surface area contributed by atoms with Crippen LogP contribution in [0.5, 0.6) is 5.75 Å². The van der Waals surface area contributed by atoms with Gasteiger partial charge in [0.15, 0.2) is 0 Å². The molecule has 1 aromatic carbocycles. The van der Waals surface area contributed by atoms with E-state index in [0.29, 0.717) is 22.9 Å². The fourth-order valence-corrected chi connectivity index (χ4v) is 2.12. The minimum atomic E-state index is -0.743. The molecule has 102 valence electrons. The molecule has 1 rings (SSSR count). The Balaban J connectivity index is 2.21. The smallest absolute Gasteiger partial charge is 0.142 e. The molecule has 1 aromatic rings. The highest BCUT2D eigenvalue weighted by molar-refractivity contribution is 7.99. The minimum absolute atomic E-state index is 0.149. The van der Waals surface area contributed by atoms with Crippen LogP contribution in [0.25, 0.3) is 0 Å². The van der Waals surface area contributed by atoms with E-state index in [9.17, 15) is 5.11 Å². The van der Waals surface area contributed by atoms with Gasteiger partial charge in [-0.05, 0) is 12.1 Å². The zero-order valence-electron chi connectivity index (χ0n) is 10.0. The first-order valence-corrected chi connectivity index (χ1v) is 6.81. The van der Waals surface area contributed by atoms with Crippen molar-refractivity contribution >= 4 is 17.4 Å². The number of aliphatic hydroxyl groups is 3. The average molecular weight is 273 g/mol. The molecule has 5 N–H and O–H groups in total. The third-order valence-electron chi connectivity index (χ3n) is 2.18. The molecule has 0 heterocycles. The summed E-state index contributed by atoms with van der Waals surface area (Å²) in [5.74, 6) is 1.38. The molecule has 0 fully saturated rings. The van der Waals surface area contributed by atoms with Crippen molar-refractivity contribution in [3.8, 4) is 5.75 Å². The average Bonchev–Trinajstić information content (AvgIpc) is 2.37. The number of para-hydroxylation sites is 2. The van der Waals surface area contributed by atoms with E-state index < -0.39 is 12.2 Å². The highest BCUT2D eigenvalue weighted by Gasteiger charge is 2.09. The Morgan fingerprint density at radius 2 is 1.83 bits per heavy atom. The molecule has 18 heavy (non-hydrogen) atoms. The Hall–Kier alpha value is -0.950. The Bertz CT molecular complexity index is 351. The number of ether oxygens (including phenoxy) is 1. The number of hydrogen-bond donors (Lipinski definition) is 4. The predicted octanol–water partition coefficient (Wildman–Crippen LogP) is 0.0949. The highest BCUT2D eigenvalue weighted by atomic mass is 32.2. The lowest BCUT2D eigenvalue weighted by atomic mass is 10.3. The third kappa shape index (κ3) is 5.59. The quantitative estimate of drug-likeness (QED) is 0.502. The van der Waals surface area contributed by atoms with Gasteiger partial charge in [-0.15, -0.1) is 0 Å². The van der Waals surface area contributed by atoms with E-state index in [1.165, 1.54) is 11.8 Å². The number of benzene rings is 1. The van der Waals surface area contributed by atoms with E-state index >= 15 is 0 Å². The molecule has 0 bridgehead atoms. The Kier molecular flexibility index (Phi) is 6.89. The second-order valence-corrected chi connectivity index (χ2v) is 4.95. The Morgan fingerprint density at radius 3 is 2.50 bits per heavy atom. The number of hydrogen-bond acceptors (Lipinski definition) is 6. The maximum atomic E-state index is 9.66. The largest absolute Gasteiger partial charge is 0.489 e. The number of nitrogens with two attached hydrogens (primary N) is 1. The maximum Gasteiger partial charge on any atom is 0.142 e. The van der Waals surface area contributed by atoms with Gasteiger partial charge >= 0.3 is 0 Å². The van der Waals surface area contributed by atoms with Crippen LogP contribution in [0.2, 0.25) is 0 Å². The van der Waals surface area contributed by atoms with Crippen molar-refractivity contribution in [3.63, 3.8) is 0 Å². The fraction of sp³-hybridized carbons (Fsp3) is 0.500. The maximum absolute atomic E-state index is 9.66. The second-order valence-electron chi connectivity index (χ2n) is 3.88. The van der Waals surface area contributed by atoms with Gasteiger partial charge < -0.3 is 25.8 Å². The molecular weight excluding hydrogens is 254 g/mol. The van der Waals surface area contributed by atoms with Gasteiger partial charge in [0.1, 0.15) is 12.4 Å². The first kappa shape index (κ1) is 15.1. The van der Waals surface area contributed by atoms with Crippen LogP contribution in [-0.4, -0.2) is 52.2 Å². The third-order valence-corrected chi connectivity index (χ3v) is 3.42. The molecule has 0 aliphatic rings. The molecule has 5 nitrogen and oxygen atoms in total. The Morgan fingerprint density at radius 1 is 1.17 bits per heavy atom. The molecule has 0 radical (unpaired) electrons. The number of aliphatic hydroxyl groups excluding tert-OH is 3. The zero-order chi connectivity index (χ0) is 13.4. The molecule has 0 aliphatic carbocycles. The lowest BCUT2D eigenvalue weighted by Crippen LogP contribution is -2.22. The van der Waals surface area contributed by atoms with Gasteiger partial charge in [0.2, 0.25) is 0 Å². The summed E-state index contributed by atoms with van der Waals surface area (Å²) in [4.78, 5) is 0. The van der Waals surface area contributed by atoms with Crippen molar-refractivity contribution in [2.75, 3.05) is 30.5 Å². The lowest BCUT2D eigenvalue weighted by Gasteiger charge is -2.14. The first-order chi connectivity index (χ1) is 8.63. The van der Waals surface area contributed by atoms with Gasteiger partial charge in [-0.1, -0.05) is 12.1 Å². The molecule has 0 aromatic heterocycles. The summed E-state index contributed by atoms with van der Waals surface area (Å²) in [6.07, 6.45) is -1.38. The molecule has 0 amide bonds. The molecule has 0 aliphatic heterocycles. The summed E-state index contributed by atoms with van der Waals surface area (Å²) in [5.41, 5.74) is 6.23. The van der Waals surface area contributed by atoms with Crippen LogP contribution in [0.1, 0.15) is 0 Å². The van der Waals surface area contributed by atoms with Gasteiger partial charge in [0.25, 0.3) is 0 Å². The van der Waals surface area contributed by atoms with Crippen LogP contribution >= 0.6 is 11.8 Å². The second kappa shape index (κ2) is 8.20. The summed E-state index contributed by atoms with van der Waals surface area (Å²) in [6.45, 7) is -0.115. The highest BCUT2D eigenvalue weighted by Crippen LogP contribution is 2.20. The molecule has 6 heteroatoms. The van der Waals surface area contributed by atoms with Crippen LogP contribution < -0.4 is 10.5 Å². The van der Waals surface area contributed by atoms with Crippen molar-refractivity contribution in [1.82, 2.24) is 0 Å². The summed E-state index contributed by atoms with van der Waals surface area (Å²) in [5, 5.41) is 27.4. The fourth-order valence-electron chi connectivity index (χ4n) is 1.24. The van der Waals surface area contributed by atoms with E-state index in [-0.39, 0.29) is 13.2 Å². The number of anilines is 1. The van der Waals surface area contributed by atoms with Gasteiger partial charge in [0, 0.05) is 11.5 Å². The number of thioether (sulfide) groups is 1. The standard InChI is InChI=1S/C12H19NO4S/c13-11-3-1-2-4-12(11)17-6-10(16)8-18-7-9(15)5-14/h1-4,9-10,14-16H,5-8,13H2. The number of nitrogen functional groups attached to an aromatic ring is 1. The lowest BCUT2D eigenvalue weighted by molar-refractivity contribution is 0.112. The van der Waals surface area contributed by atoms with E-state index in [1.54, 1.807) is 12.1 Å². The predicted molar refractivity (Wildman–Crippen MR) is 72.8 cm³/mol. The SMILES string of the molecule is Nc1ccccc1OCC(O)CSCC(O)CO. The van der Waals surface area contributed by atoms with E-state index in [0.717, 1.165) is 0 Å². The van der Waals surface area contributed by atoms with Crippen molar-refractivity contribution in [2.45, 2.75) is 12.2 Å². The Labute approximate surface area is 111 Å². The van der Waals surface area contributed by atoms with Crippen LogP contribution in [0.3, 0.4) is 0 Å². The van der Waals surface area contributed by atoms with Crippen LogP contribution in [0.4, 0.5) is 5.69 Å². The molecule has 0 spiro atoms. The van der Waals surface area contributed by atoms with Crippen LogP contribution in [0.15, 0.2) is 24.3 Å². The summed E-state index contributed by atoms with van der Waals surface area (Å²) in [6, 6.07) is 7.09. The molecule has 2 atom stereocenters. The van der Waals surface area contributed by atoms with Gasteiger partial charge in [-0.3, -0.25) is 0 Å². The van der Waals surface area contributed by atoms with Crippen molar-refractivity contribution in [2.24, 2.45) is 0 Å². The zero-order valence-corrected chi connectivity index (χ0v) is 10.8. The van der Waals surface area contributed by atoms with Crippen molar-refractivity contribution < 1.29 is 20.1 Å². The summed E-state index contributed by atoms with van der Waals surface area (Å²) in [7, 11) is 0. The van der Waals surface area contributed by atoms with E-state index in [1.807, 2.05) is 12.1 Å². The summed E-state index contributed by atoms with van der Waals surface area (Å²) >= 11 is 1.36. The monoisotopic (exact) mass is 273 g/mol. The van der Waals surface area contributed by atoms with Gasteiger partial charge in [0.05, 0.1) is 24.5 Å². The molecule has 0 saturated carbocycles. The normalized spacial score (nSPS) is 14.2. The first-order valence-electron chi connectivity index (χ1n) is 5.65. The number of rotatable bonds is 8. The minimum Gasteiger partial charge on any atom is -0.489 e. The van der Waals surface area contributed by atoms with E-state index in [4.69, 9.17) is 20.7 Å². The van der Waals surface area contributed by atoms with Crippen LogP contribution in [-0.2, 0) is 0 Å². The van der Waals surface area contributed by atoms with Crippen molar-refractivity contribution in [3.05, 3.63) is 24.3 Å². The van der Waals surface area contributed by atoms with E-state index in [2.05, 4.69) is 0 Å². The van der Waals surface area contributed by atoms with Crippen LogP contribution in [0, 0.1) is 0 Å². The summed E-state index contributed by atoms with van der Waals surface area (Å²) < 4.78 is 5.38. The van der Waals surface area contributed by atoms with Crippen molar-refractivity contribution in [1.29, 1.82) is 0 Å². The van der Waals surface area contributed by atoms with Gasteiger partial charge in [-0.2, -0.15) is 11.8 Å². The van der Waals surface area contributed by atoms with Gasteiger partial charge in [-0.25, -0.2) is 0 Å². The molecular formula is C12H19NO4S.